The number of rotatable bonds is 1. The summed E-state index contributed by atoms with van der Waals surface area (Å²) in [5.41, 5.74) is 0. The molecule has 1 unspecified atom stereocenters. The fourth-order valence-corrected chi connectivity index (χ4v) is 2.42. The molecule has 0 radical (unpaired) electrons. The molecule has 3 heteroatoms. The van der Waals surface area contributed by atoms with E-state index in [1.54, 1.807) is 0 Å². The molecule has 0 saturated carbocycles. The van der Waals surface area contributed by atoms with Gasteiger partial charge in [-0.1, -0.05) is 0 Å². The van der Waals surface area contributed by atoms with Crippen LogP contribution in [0.5, 0.6) is 0 Å². The first-order valence-corrected chi connectivity index (χ1v) is 4.63. The van der Waals surface area contributed by atoms with Crippen LogP contribution in [-0.4, -0.2) is 25.2 Å². The Labute approximate surface area is 72.5 Å². The van der Waals surface area contributed by atoms with Crippen LogP contribution in [0.25, 0.3) is 0 Å². The molecule has 68 valence electrons. The molecule has 2 aliphatic heterocycles. The second-order valence-electron chi connectivity index (χ2n) is 3.83. The molecule has 2 aliphatic rings. The Balaban J connectivity index is 1.98. The topological polar surface area (TPSA) is 38.3 Å². The van der Waals surface area contributed by atoms with Crippen molar-refractivity contribution in [2.75, 3.05) is 7.11 Å². The lowest BCUT2D eigenvalue weighted by Gasteiger charge is -2.26. The van der Waals surface area contributed by atoms with Crippen molar-refractivity contribution in [1.82, 2.24) is 5.32 Å². The first kappa shape index (κ1) is 8.05. The Hall–Kier alpha value is -0.570. The van der Waals surface area contributed by atoms with Gasteiger partial charge in [0.2, 0.25) is 0 Å². The Bertz CT molecular complexity index is 181. The fraction of sp³-hybridized carbons (Fsp3) is 0.889. The monoisotopic (exact) mass is 169 g/mol. The van der Waals surface area contributed by atoms with E-state index in [2.05, 4.69) is 5.32 Å². The first-order chi connectivity index (χ1) is 5.79. The normalized spacial score (nSPS) is 39.6. The molecule has 2 fully saturated rings. The van der Waals surface area contributed by atoms with E-state index >= 15 is 0 Å². The number of hydrogen-bond donors (Lipinski definition) is 1. The van der Waals surface area contributed by atoms with Crippen molar-refractivity contribution >= 4 is 5.97 Å². The molecule has 0 amide bonds. The largest absolute Gasteiger partial charge is 0.469 e. The molecule has 2 saturated heterocycles. The quantitative estimate of drug-likeness (QED) is 0.587. The Morgan fingerprint density at radius 1 is 1.33 bits per heavy atom. The second-order valence-corrected chi connectivity index (χ2v) is 3.83. The van der Waals surface area contributed by atoms with Gasteiger partial charge in [-0.15, -0.1) is 0 Å². The lowest BCUT2D eigenvalue weighted by molar-refractivity contribution is -0.146. The molecule has 2 heterocycles. The van der Waals surface area contributed by atoms with Crippen LogP contribution in [0, 0.1) is 5.92 Å². The summed E-state index contributed by atoms with van der Waals surface area (Å²) in [4.78, 5) is 11.2. The van der Waals surface area contributed by atoms with Crippen molar-refractivity contribution in [1.29, 1.82) is 0 Å². The summed E-state index contributed by atoms with van der Waals surface area (Å²) in [7, 11) is 1.48. The number of fused-ring (bicyclic) bond motifs is 2. The Morgan fingerprint density at radius 2 is 1.92 bits per heavy atom. The first-order valence-electron chi connectivity index (χ1n) is 4.63. The summed E-state index contributed by atoms with van der Waals surface area (Å²) in [6.07, 6.45) is 4.42. The fourth-order valence-electron chi connectivity index (χ4n) is 2.42. The predicted molar refractivity (Wildman–Crippen MR) is 44.7 cm³/mol. The third-order valence-electron chi connectivity index (χ3n) is 3.01. The number of methoxy groups -OCH3 is 1. The molecular weight excluding hydrogens is 154 g/mol. The van der Waals surface area contributed by atoms with Gasteiger partial charge in [-0.3, -0.25) is 4.79 Å². The van der Waals surface area contributed by atoms with Gasteiger partial charge < -0.3 is 10.1 Å². The molecule has 12 heavy (non-hydrogen) atoms. The summed E-state index contributed by atoms with van der Waals surface area (Å²) in [5.74, 6) is 0.141. The van der Waals surface area contributed by atoms with E-state index in [4.69, 9.17) is 4.74 Å². The molecule has 0 aromatic carbocycles. The van der Waals surface area contributed by atoms with E-state index in [1.807, 2.05) is 0 Å². The maximum absolute atomic E-state index is 11.2. The highest BCUT2D eigenvalue weighted by molar-refractivity contribution is 5.72. The van der Waals surface area contributed by atoms with Gasteiger partial charge in [0.25, 0.3) is 0 Å². The third kappa shape index (κ3) is 1.33. The minimum absolute atomic E-state index is 0.0200. The number of nitrogens with one attached hydrogen (secondary N) is 1. The number of piperidine rings is 1. The van der Waals surface area contributed by atoms with E-state index in [9.17, 15) is 4.79 Å². The van der Waals surface area contributed by atoms with Crippen molar-refractivity contribution in [2.45, 2.75) is 37.8 Å². The van der Waals surface area contributed by atoms with E-state index in [0.717, 1.165) is 12.8 Å². The van der Waals surface area contributed by atoms with E-state index in [1.165, 1.54) is 20.0 Å². The van der Waals surface area contributed by atoms with Crippen LogP contribution in [0.15, 0.2) is 0 Å². The average Bonchev–Trinajstić information content (AvgIpc) is 2.44. The highest BCUT2D eigenvalue weighted by atomic mass is 16.5. The zero-order valence-electron chi connectivity index (χ0n) is 7.38. The van der Waals surface area contributed by atoms with Crippen molar-refractivity contribution < 1.29 is 9.53 Å². The molecule has 3 nitrogen and oxygen atoms in total. The average molecular weight is 169 g/mol. The minimum Gasteiger partial charge on any atom is -0.469 e. The number of carbonyl (C=O) groups excluding carboxylic acids is 1. The molecule has 0 spiro atoms. The van der Waals surface area contributed by atoms with Crippen molar-refractivity contribution in [3.63, 3.8) is 0 Å². The Morgan fingerprint density at radius 3 is 2.42 bits per heavy atom. The summed E-state index contributed by atoms with van der Waals surface area (Å²) in [6.45, 7) is 0. The maximum Gasteiger partial charge on any atom is 0.308 e. The molecule has 3 atom stereocenters. The maximum atomic E-state index is 11.2. The van der Waals surface area contributed by atoms with Gasteiger partial charge in [0.15, 0.2) is 0 Å². The lowest BCUT2D eigenvalue weighted by atomic mass is 9.93. The van der Waals surface area contributed by atoms with Crippen LogP contribution in [0.2, 0.25) is 0 Å². The van der Waals surface area contributed by atoms with Crippen LogP contribution in [0.1, 0.15) is 25.7 Å². The van der Waals surface area contributed by atoms with Gasteiger partial charge >= 0.3 is 5.97 Å². The van der Waals surface area contributed by atoms with Gasteiger partial charge in [-0.25, -0.2) is 0 Å². The second kappa shape index (κ2) is 3.05. The van der Waals surface area contributed by atoms with Gasteiger partial charge in [0.1, 0.15) is 0 Å². The molecule has 2 bridgehead atoms. The smallest absolute Gasteiger partial charge is 0.308 e. The van der Waals surface area contributed by atoms with Crippen molar-refractivity contribution in [2.24, 2.45) is 5.92 Å². The van der Waals surface area contributed by atoms with Gasteiger partial charge in [-0.2, -0.15) is 0 Å². The SMILES string of the molecule is COC(=O)C1C[C@H]2CC[C@@H](C1)N2. The molecule has 2 rings (SSSR count). The summed E-state index contributed by atoms with van der Waals surface area (Å²) in [6, 6.07) is 1.15. The van der Waals surface area contributed by atoms with Crippen LogP contribution < -0.4 is 5.32 Å². The van der Waals surface area contributed by atoms with Gasteiger partial charge in [0, 0.05) is 12.1 Å². The van der Waals surface area contributed by atoms with E-state index in [0.29, 0.717) is 12.1 Å². The Kier molecular flexibility index (Phi) is 2.05. The number of esters is 1. The zero-order valence-corrected chi connectivity index (χ0v) is 7.38. The van der Waals surface area contributed by atoms with Crippen molar-refractivity contribution in [3.8, 4) is 0 Å². The molecule has 0 aliphatic carbocycles. The highest BCUT2D eigenvalue weighted by Gasteiger charge is 2.36. The summed E-state index contributed by atoms with van der Waals surface area (Å²) >= 11 is 0. The molecule has 1 N–H and O–H groups in total. The van der Waals surface area contributed by atoms with E-state index < -0.39 is 0 Å². The molecule has 0 aromatic heterocycles. The zero-order chi connectivity index (χ0) is 8.55. The minimum atomic E-state index is -0.0200. The molecular formula is C9H15NO2. The molecule has 0 aromatic rings. The van der Waals surface area contributed by atoms with Crippen LogP contribution in [-0.2, 0) is 9.53 Å². The number of ether oxygens (including phenoxy) is 1. The number of hydrogen-bond acceptors (Lipinski definition) is 3. The van der Waals surface area contributed by atoms with Gasteiger partial charge in [0.05, 0.1) is 13.0 Å². The summed E-state index contributed by atoms with van der Waals surface area (Å²) < 4.78 is 4.75. The van der Waals surface area contributed by atoms with Crippen LogP contribution in [0.3, 0.4) is 0 Å². The highest BCUT2D eigenvalue weighted by Crippen LogP contribution is 2.31. The van der Waals surface area contributed by atoms with Crippen molar-refractivity contribution in [3.05, 3.63) is 0 Å². The number of carbonyl (C=O) groups is 1. The lowest BCUT2D eigenvalue weighted by Crippen LogP contribution is -2.40. The van der Waals surface area contributed by atoms with Crippen LogP contribution >= 0.6 is 0 Å². The van der Waals surface area contributed by atoms with E-state index in [-0.39, 0.29) is 11.9 Å². The van der Waals surface area contributed by atoms with Gasteiger partial charge in [-0.05, 0) is 25.7 Å². The van der Waals surface area contributed by atoms with Crippen LogP contribution in [0.4, 0.5) is 0 Å². The summed E-state index contributed by atoms with van der Waals surface area (Å²) in [5, 5.41) is 3.49. The third-order valence-corrected chi connectivity index (χ3v) is 3.01. The predicted octanol–water partition coefficient (Wildman–Crippen LogP) is 0.690. The standard InChI is InChI=1S/C9H15NO2/c1-12-9(11)6-4-7-2-3-8(5-6)10-7/h6-8,10H,2-5H2,1H3/t6?,7-,8+.